The molecule has 0 unspecified atom stereocenters. The molecule has 6 heteroatoms. The summed E-state index contributed by atoms with van der Waals surface area (Å²) in [4.78, 5) is 27.1. The minimum Gasteiger partial charge on any atom is -0.497 e. The van der Waals surface area contributed by atoms with Gasteiger partial charge in [-0.05, 0) is 77.9 Å². The van der Waals surface area contributed by atoms with E-state index in [2.05, 4.69) is 4.99 Å². The van der Waals surface area contributed by atoms with Gasteiger partial charge in [0.15, 0.2) is 0 Å². The highest BCUT2D eigenvalue weighted by Crippen LogP contribution is 2.16. The van der Waals surface area contributed by atoms with Crippen molar-refractivity contribution in [1.29, 1.82) is 0 Å². The third-order valence-electron chi connectivity index (χ3n) is 4.10. The number of ether oxygens (including phenoxy) is 2. The minimum absolute atomic E-state index is 0.209. The van der Waals surface area contributed by atoms with Crippen molar-refractivity contribution in [3.05, 3.63) is 95.6 Å². The van der Waals surface area contributed by atoms with Gasteiger partial charge in [0.05, 0.1) is 18.4 Å². The second-order valence-corrected chi connectivity index (χ2v) is 6.21. The summed E-state index contributed by atoms with van der Waals surface area (Å²) in [7, 11) is 1.60. The molecule has 0 amide bonds. The zero-order chi connectivity index (χ0) is 21.3. The van der Waals surface area contributed by atoms with Crippen LogP contribution < -0.4 is 9.47 Å². The zero-order valence-corrected chi connectivity index (χ0v) is 16.2. The number of methoxy groups -OCH3 is 1. The molecule has 0 radical (unpaired) electrons. The molecule has 0 fully saturated rings. The molecule has 0 aromatic heterocycles. The van der Waals surface area contributed by atoms with Crippen molar-refractivity contribution in [2.75, 3.05) is 7.11 Å². The van der Waals surface area contributed by atoms with Crippen LogP contribution in [0.3, 0.4) is 0 Å². The first-order chi connectivity index (χ1) is 14.5. The van der Waals surface area contributed by atoms with Gasteiger partial charge in [-0.2, -0.15) is 0 Å². The standard InChI is InChI=1S/C24H19NO5/c1-29-21-11-2-17(3-12-21)6-15-23(26)30-22-13-4-18(5-14-22)16-25-20-9-7-19(8-10-20)24(27)28/h2-16H,1H3,(H,27,28)/b15-6+,25-16+. The molecule has 0 aliphatic rings. The molecule has 0 spiro atoms. The van der Waals surface area contributed by atoms with Gasteiger partial charge < -0.3 is 14.6 Å². The maximum Gasteiger partial charge on any atom is 0.336 e. The first-order valence-corrected chi connectivity index (χ1v) is 9.05. The average molecular weight is 401 g/mol. The van der Waals surface area contributed by atoms with E-state index in [0.29, 0.717) is 11.4 Å². The predicted molar refractivity (Wildman–Crippen MR) is 115 cm³/mol. The van der Waals surface area contributed by atoms with E-state index in [9.17, 15) is 9.59 Å². The smallest absolute Gasteiger partial charge is 0.336 e. The molecule has 150 valence electrons. The second kappa shape index (κ2) is 9.84. The number of benzene rings is 3. The van der Waals surface area contributed by atoms with Gasteiger partial charge >= 0.3 is 11.9 Å². The Hall–Kier alpha value is -4.19. The summed E-state index contributed by atoms with van der Waals surface area (Å²) in [6, 6.07) is 20.4. The van der Waals surface area contributed by atoms with Crippen LogP contribution in [-0.2, 0) is 4.79 Å². The van der Waals surface area contributed by atoms with Crippen molar-refractivity contribution in [3.63, 3.8) is 0 Å². The van der Waals surface area contributed by atoms with E-state index in [4.69, 9.17) is 14.6 Å². The highest BCUT2D eigenvalue weighted by atomic mass is 16.5. The molecule has 3 aromatic carbocycles. The van der Waals surface area contributed by atoms with E-state index in [1.165, 1.54) is 18.2 Å². The molecule has 1 N–H and O–H groups in total. The van der Waals surface area contributed by atoms with Crippen LogP contribution in [0.5, 0.6) is 11.5 Å². The Morgan fingerprint density at radius 3 is 2.03 bits per heavy atom. The SMILES string of the molecule is COc1ccc(/C=C/C(=O)Oc2ccc(/C=N/c3ccc(C(=O)O)cc3)cc2)cc1. The molecule has 3 rings (SSSR count). The Bertz CT molecular complexity index is 1070. The topological polar surface area (TPSA) is 85.2 Å². The summed E-state index contributed by atoms with van der Waals surface area (Å²) in [5.41, 5.74) is 2.52. The zero-order valence-electron chi connectivity index (χ0n) is 16.2. The quantitative estimate of drug-likeness (QED) is 0.267. The lowest BCUT2D eigenvalue weighted by Crippen LogP contribution is -2.03. The van der Waals surface area contributed by atoms with Gasteiger partial charge in [0.25, 0.3) is 0 Å². The molecule has 0 aliphatic heterocycles. The molecule has 0 saturated carbocycles. The maximum absolute atomic E-state index is 12.0. The number of carboxylic acid groups (broad SMARTS) is 1. The van der Waals surface area contributed by atoms with Gasteiger partial charge in [-0.3, -0.25) is 4.99 Å². The molecular weight excluding hydrogens is 382 g/mol. The maximum atomic E-state index is 12.0. The highest BCUT2D eigenvalue weighted by molar-refractivity contribution is 5.89. The normalized spacial score (nSPS) is 11.0. The van der Waals surface area contributed by atoms with Crippen LogP contribution in [0.25, 0.3) is 6.08 Å². The molecule has 0 atom stereocenters. The Balaban J connectivity index is 1.56. The fourth-order valence-corrected chi connectivity index (χ4v) is 2.49. The summed E-state index contributed by atoms with van der Waals surface area (Å²) in [6.45, 7) is 0. The van der Waals surface area contributed by atoms with Crippen molar-refractivity contribution in [1.82, 2.24) is 0 Å². The molecular formula is C24H19NO5. The number of hydrogen-bond donors (Lipinski definition) is 1. The van der Waals surface area contributed by atoms with E-state index >= 15 is 0 Å². The fraction of sp³-hybridized carbons (Fsp3) is 0.0417. The Morgan fingerprint density at radius 1 is 0.833 bits per heavy atom. The number of carboxylic acids is 1. The number of carbonyl (C=O) groups is 2. The molecule has 6 nitrogen and oxygen atoms in total. The van der Waals surface area contributed by atoms with Crippen molar-refractivity contribution in [3.8, 4) is 11.5 Å². The minimum atomic E-state index is -0.977. The average Bonchev–Trinajstić information content (AvgIpc) is 2.78. The van der Waals surface area contributed by atoms with Crippen LogP contribution in [0.2, 0.25) is 0 Å². The number of esters is 1. The summed E-state index contributed by atoms with van der Waals surface area (Å²) in [6.07, 6.45) is 4.67. The lowest BCUT2D eigenvalue weighted by atomic mass is 10.2. The number of hydrogen-bond acceptors (Lipinski definition) is 5. The van der Waals surface area contributed by atoms with Crippen molar-refractivity contribution >= 4 is 29.9 Å². The monoisotopic (exact) mass is 401 g/mol. The molecule has 0 saturated heterocycles. The number of aromatic carboxylic acids is 1. The highest BCUT2D eigenvalue weighted by Gasteiger charge is 2.02. The number of rotatable bonds is 7. The molecule has 30 heavy (non-hydrogen) atoms. The van der Waals surface area contributed by atoms with E-state index in [-0.39, 0.29) is 5.56 Å². The number of nitrogens with zero attached hydrogens (tertiary/aromatic N) is 1. The third kappa shape index (κ3) is 5.90. The van der Waals surface area contributed by atoms with Gasteiger partial charge in [0.1, 0.15) is 11.5 Å². The van der Waals surface area contributed by atoms with Gasteiger partial charge in [0.2, 0.25) is 0 Å². The first-order valence-electron chi connectivity index (χ1n) is 9.05. The summed E-state index contributed by atoms with van der Waals surface area (Å²) in [5, 5.41) is 8.90. The van der Waals surface area contributed by atoms with Crippen LogP contribution in [-0.4, -0.2) is 30.4 Å². The fourth-order valence-electron chi connectivity index (χ4n) is 2.49. The summed E-state index contributed by atoms with van der Waals surface area (Å²) >= 11 is 0. The van der Waals surface area contributed by atoms with E-state index in [1.807, 2.05) is 24.3 Å². The molecule has 0 heterocycles. The van der Waals surface area contributed by atoms with Gasteiger partial charge in [-0.1, -0.05) is 12.1 Å². The Kier molecular flexibility index (Phi) is 6.74. The van der Waals surface area contributed by atoms with E-state index < -0.39 is 11.9 Å². The van der Waals surface area contributed by atoms with Gasteiger partial charge in [0, 0.05) is 12.3 Å². The van der Waals surface area contributed by atoms with Gasteiger partial charge in [-0.15, -0.1) is 0 Å². The molecule has 0 aliphatic carbocycles. The lowest BCUT2D eigenvalue weighted by Gasteiger charge is -2.02. The van der Waals surface area contributed by atoms with E-state index in [1.54, 1.807) is 55.8 Å². The van der Waals surface area contributed by atoms with Crippen LogP contribution >= 0.6 is 0 Å². The lowest BCUT2D eigenvalue weighted by molar-refractivity contribution is -0.128. The van der Waals surface area contributed by atoms with Crippen LogP contribution in [0.1, 0.15) is 21.5 Å². The predicted octanol–water partition coefficient (Wildman–Crippen LogP) is 4.76. The van der Waals surface area contributed by atoms with Crippen LogP contribution in [0.15, 0.2) is 83.9 Å². The second-order valence-electron chi connectivity index (χ2n) is 6.21. The third-order valence-corrected chi connectivity index (χ3v) is 4.10. The van der Waals surface area contributed by atoms with Crippen molar-refractivity contribution in [2.24, 2.45) is 4.99 Å². The van der Waals surface area contributed by atoms with Crippen LogP contribution in [0.4, 0.5) is 5.69 Å². The van der Waals surface area contributed by atoms with Gasteiger partial charge in [-0.25, -0.2) is 9.59 Å². The number of aliphatic imine (C=N–C) groups is 1. The molecule has 3 aromatic rings. The summed E-state index contributed by atoms with van der Waals surface area (Å²) in [5.74, 6) is -0.293. The Labute approximate surface area is 173 Å². The van der Waals surface area contributed by atoms with Crippen molar-refractivity contribution < 1.29 is 24.2 Å². The largest absolute Gasteiger partial charge is 0.497 e. The van der Waals surface area contributed by atoms with E-state index in [0.717, 1.165) is 16.9 Å². The first kappa shape index (κ1) is 20.5. The molecule has 0 bridgehead atoms. The number of carbonyl (C=O) groups excluding carboxylic acids is 1. The summed E-state index contributed by atoms with van der Waals surface area (Å²) < 4.78 is 10.4. The Morgan fingerprint density at radius 2 is 1.43 bits per heavy atom. The van der Waals surface area contributed by atoms with Crippen molar-refractivity contribution in [2.45, 2.75) is 0 Å². The van der Waals surface area contributed by atoms with Crippen LogP contribution in [0, 0.1) is 0 Å².